The zero-order valence-electron chi connectivity index (χ0n) is 10.9. The average molecular weight is 227 g/mol. The average Bonchev–Trinajstić information content (AvgIpc) is 2.27. The molecular formula is C12H25N3O. The van der Waals surface area contributed by atoms with E-state index in [1.807, 2.05) is 18.7 Å². The number of hydrogen-bond donors (Lipinski definition) is 2. The van der Waals surface area contributed by atoms with E-state index in [1.54, 1.807) is 0 Å². The van der Waals surface area contributed by atoms with Gasteiger partial charge in [-0.3, -0.25) is 0 Å². The molecule has 0 bridgehead atoms. The molecule has 0 aromatic rings. The largest absolute Gasteiger partial charge is 0.336 e. The van der Waals surface area contributed by atoms with Crippen molar-refractivity contribution >= 4 is 6.03 Å². The normalized spacial score (nSPS) is 25.9. The van der Waals surface area contributed by atoms with Crippen LogP contribution in [0.2, 0.25) is 0 Å². The molecule has 94 valence electrons. The van der Waals surface area contributed by atoms with Crippen molar-refractivity contribution in [3.8, 4) is 0 Å². The molecule has 2 atom stereocenters. The van der Waals surface area contributed by atoms with E-state index in [1.165, 1.54) is 0 Å². The summed E-state index contributed by atoms with van der Waals surface area (Å²) in [5.74, 6) is 0. The van der Waals surface area contributed by atoms with Gasteiger partial charge < -0.3 is 15.5 Å². The highest BCUT2D eigenvalue weighted by Gasteiger charge is 2.29. The minimum absolute atomic E-state index is 0.0850. The summed E-state index contributed by atoms with van der Waals surface area (Å²) in [6.07, 6.45) is 2.08. The molecular weight excluding hydrogens is 202 g/mol. The lowest BCUT2D eigenvalue weighted by Crippen LogP contribution is -2.60. The molecule has 2 unspecified atom stereocenters. The van der Waals surface area contributed by atoms with E-state index >= 15 is 0 Å². The quantitative estimate of drug-likeness (QED) is 0.768. The Kier molecular flexibility index (Phi) is 5.06. The van der Waals surface area contributed by atoms with Crippen LogP contribution in [0.15, 0.2) is 0 Å². The van der Waals surface area contributed by atoms with Gasteiger partial charge in [0.1, 0.15) is 0 Å². The topological polar surface area (TPSA) is 44.4 Å². The summed E-state index contributed by atoms with van der Waals surface area (Å²) in [4.78, 5) is 14.0. The van der Waals surface area contributed by atoms with Crippen molar-refractivity contribution in [3.63, 3.8) is 0 Å². The fraction of sp³-hybridized carbons (Fsp3) is 0.917. The molecule has 2 amide bonds. The third-order valence-corrected chi connectivity index (χ3v) is 3.14. The number of nitrogens with one attached hydrogen (secondary N) is 2. The van der Waals surface area contributed by atoms with Crippen LogP contribution in [0.4, 0.5) is 4.79 Å². The number of nitrogens with zero attached hydrogens (tertiary/aromatic N) is 1. The molecule has 1 rings (SSSR count). The van der Waals surface area contributed by atoms with E-state index in [0.717, 1.165) is 25.9 Å². The maximum absolute atomic E-state index is 12.0. The van der Waals surface area contributed by atoms with Gasteiger partial charge in [-0.05, 0) is 26.7 Å². The molecule has 0 aromatic carbocycles. The molecule has 0 saturated carbocycles. The van der Waals surface area contributed by atoms with Gasteiger partial charge in [-0.1, -0.05) is 13.8 Å². The highest BCUT2D eigenvalue weighted by Crippen LogP contribution is 2.12. The van der Waals surface area contributed by atoms with Crippen LogP contribution in [0.1, 0.15) is 40.5 Å². The van der Waals surface area contributed by atoms with Gasteiger partial charge in [0.15, 0.2) is 0 Å². The molecule has 0 aliphatic carbocycles. The third kappa shape index (κ3) is 3.37. The standard InChI is InChI=1S/C12H25N3O/c1-5-10-8-15(11(6-2)7-13-10)12(16)14-9(3)4/h9-11,13H,5-8H2,1-4H3,(H,14,16). The summed E-state index contributed by atoms with van der Waals surface area (Å²) < 4.78 is 0. The molecule has 0 aromatic heterocycles. The van der Waals surface area contributed by atoms with Gasteiger partial charge in [-0.15, -0.1) is 0 Å². The molecule has 16 heavy (non-hydrogen) atoms. The van der Waals surface area contributed by atoms with E-state index in [9.17, 15) is 4.79 Å². The van der Waals surface area contributed by atoms with Crippen LogP contribution < -0.4 is 10.6 Å². The molecule has 0 spiro atoms. The maximum Gasteiger partial charge on any atom is 0.317 e. The minimum atomic E-state index is 0.0850. The fourth-order valence-corrected chi connectivity index (χ4v) is 2.08. The van der Waals surface area contributed by atoms with Crippen molar-refractivity contribution in [1.82, 2.24) is 15.5 Å². The van der Waals surface area contributed by atoms with Crippen LogP contribution in [-0.2, 0) is 0 Å². The highest BCUT2D eigenvalue weighted by atomic mass is 16.2. The number of hydrogen-bond acceptors (Lipinski definition) is 2. The lowest BCUT2D eigenvalue weighted by atomic mass is 10.1. The van der Waals surface area contributed by atoms with Crippen molar-refractivity contribution in [2.75, 3.05) is 13.1 Å². The second-order valence-corrected chi connectivity index (χ2v) is 4.83. The van der Waals surface area contributed by atoms with Crippen LogP contribution in [0, 0.1) is 0 Å². The SMILES string of the molecule is CCC1CN(C(=O)NC(C)C)C(CC)CN1. The Balaban J connectivity index is 2.60. The molecule has 2 N–H and O–H groups in total. The molecule has 1 saturated heterocycles. The van der Waals surface area contributed by atoms with Crippen LogP contribution in [0.5, 0.6) is 0 Å². The highest BCUT2D eigenvalue weighted by molar-refractivity contribution is 5.75. The Bertz CT molecular complexity index is 230. The Morgan fingerprint density at radius 2 is 2.12 bits per heavy atom. The first-order chi connectivity index (χ1) is 7.58. The van der Waals surface area contributed by atoms with Crippen LogP contribution in [0.3, 0.4) is 0 Å². The molecule has 1 heterocycles. The Morgan fingerprint density at radius 1 is 1.44 bits per heavy atom. The van der Waals surface area contributed by atoms with Gasteiger partial charge in [-0.2, -0.15) is 0 Å². The number of amides is 2. The Labute approximate surface area is 98.8 Å². The molecule has 1 fully saturated rings. The van der Waals surface area contributed by atoms with Gasteiger partial charge in [0.2, 0.25) is 0 Å². The number of piperazine rings is 1. The van der Waals surface area contributed by atoms with Crippen molar-refractivity contribution in [2.24, 2.45) is 0 Å². The second-order valence-electron chi connectivity index (χ2n) is 4.83. The van der Waals surface area contributed by atoms with Crippen molar-refractivity contribution in [1.29, 1.82) is 0 Å². The van der Waals surface area contributed by atoms with E-state index in [2.05, 4.69) is 24.5 Å². The number of carbonyl (C=O) groups excluding carboxylic acids is 1. The number of urea groups is 1. The lowest BCUT2D eigenvalue weighted by molar-refractivity contribution is 0.134. The van der Waals surface area contributed by atoms with Gasteiger partial charge in [0.05, 0.1) is 0 Å². The predicted octanol–water partition coefficient (Wildman–Crippen LogP) is 1.57. The van der Waals surface area contributed by atoms with Crippen LogP contribution in [0.25, 0.3) is 0 Å². The molecule has 1 aliphatic heterocycles. The van der Waals surface area contributed by atoms with Crippen molar-refractivity contribution in [2.45, 2.75) is 58.7 Å². The molecule has 4 nitrogen and oxygen atoms in total. The maximum atomic E-state index is 12.0. The Morgan fingerprint density at radius 3 is 2.62 bits per heavy atom. The zero-order chi connectivity index (χ0) is 12.1. The molecule has 0 radical (unpaired) electrons. The van der Waals surface area contributed by atoms with E-state index in [0.29, 0.717) is 12.1 Å². The first-order valence-electron chi connectivity index (χ1n) is 6.38. The monoisotopic (exact) mass is 227 g/mol. The second kappa shape index (κ2) is 6.09. The molecule has 4 heteroatoms. The third-order valence-electron chi connectivity index (χ3n) is 3.14. The summed E-state index contributed by atoms with van der Waals surface area (Å²) >= 11 is 0. The van der Waals surface area contributed by atoms with Gasteiger partial charge in [0.25, 0.3) is 0 Å². The van der Waals surface area contributed by atoms with E-state index in [4.69, 9.17) is 0 Å². The van der Waals surface area contributed by atoms with Crippen molar-refractivity contribution in [3.05, 3.63) is 0 Å². The Hall–Kier alpha value is -0.770. The first kappa shape index (κ1) is 13.3. The van der Waals surface area contributed by atoms with Gasteiger partial charge in [0, 0.05) is 31.2 Å². The van der Waals surface area contributed by atoms with E-state index < -0.39 is 0 Å². The van der Waals surface area contributed by atoms with Gasteiger partial charge >= 0.3 is 6.03 Å². The van der Waals surface area contributed by atoms with Crippen LogP contribution in [-0.4, -0.2) is 42.1 Å². The smallest absolute Gasteiger partial charge is 0.317 e. The number of rotatable bonds is 3. The van der Waals surface area contributed by atoms with Crippen LogP contribution >= 0.6 is 0 Å². The summed E-state index contributed by atoms with van der Waals surface area (Å²) in [5.41, 5.74) is 0. The number of carbonyl (C=O) groups is 1. The fourth-order valence-electron chi connectivity index (χ4n) is 2.08. The van der Waals surface area contributed by atoms with Gasteiger partial charge in [-0.25, -0.2) is 4.79 Å². The van der Waals surface area contributed by atoms with Crippen molar-refractivity contribution < 1.29 is 4.79 Å². The summed E-state index contributed by atoms with van der Waals surface area (Å²) in [7, 11) is 0. The predicted molar refractivity (Wildman–Crippen MR) is 66.5 cm³/mol. The van der Waals surface area contributed by atoms with E-state index in [-0.39, 0.29) is 12.1 Å². The zero-order valence-corrected chi connectivity index (χ0v) is 10.9. The molecule has 1 aliphatic rings. The summed E-state index contributed by atoms with van der Waals surface area (Å²) in [6, 6.07) is 1.07. The summed E-state index contributed by atoms with van der Waals surface area (Å²) in [5, 5.41) is 6.47. The minimum Gasteiger partial charge on any atom is -0.336 e. The summed E-state index contributed by atoms with van der Waals surface area (Å²) in [6.45, 7) is 10.0. The lowest BCUT2D eigenvalue weighted by Gasteiger charge is -2.40. The first-order valence-corrected chi connectivity index (χ1v) is 6.38.